The van der Waals surface area contributed by atoms with Crippen molar-refractivity contribution in [2.24, 2.45) is 23.0 Å². The highest BCUT2D eigenvalue weighted by molar-refractivity contribution is 5.80. The van der Waals surface area contributed by atoms with Crippen molar-refractivity contribution in [3.63, 3.8) is 0 Å². The average molecular weight is 284 g/mol. The Hall–Kier alpha value is -0.650. The van der Waals surface area contributed by atoms with Gasteiger partial charge in [0.15, 0.2) is 0 Å². The molecule has 4 unspecified atom stereocenters. The molecule has 0 bridgehead atoms. The van der Waals surface area contributed by atoms with Gasteiger partial charge in [-0.15, -0.1) is 0 Å². The Morgan fingerprint density at radius 1 is 1.45 bits per heavy atom. The van der Waals surface area contributed by atoms with Gasteiger partial charge in [-0.3, -0.25) is 4.79 Å². The van der Waals surface area contributed by atoms with Gasteiger partial charge in [0.1, 0.15) is 0 Å². The maximum Gasteiger partial charge on any atom is 0.226 e. The number of amides is 1. The second kappa shape index (κ2) is 6.00. The van der Waals surface area contributed by atoms with Crippen LogP contribution in [0.1, 0.15) is 33.6 Å². The summed E-state index contributed by atoms with van der Waals surface area (Å²) in [5.74, 6) is 0.472. The summed E-state index contributed by atoms with van der Waals surface area (Å²) in [5.41, 5.74) is 6.06. The number of hydrogen-bond acceptors (Lipinski definition) is 4. The molecule has 3 N–H and O–H groups in total. The molecule has 20 heavy (non-hydrogen) atoms. The smallest absolute Gasteiger partial charge is 0.226 e. The van der Waals surface area contributed by atoms with Crippen LogP contribution in [0.3, 0.4) is 0 Å². The molecule has 2 aliphatic rings. The highest BCUT2D eigenvalue weighted by Crippen LogP contribution is 2.45. The number of carbonyl (C=O) groups is 1. The van der Waals surface area contributed by atoms with Gasteiger partial charge in [0, 0.05) is 18.5 Å². The normalized spacial score (nSPS) is 37.8. The second-order valence-corrected chi connectivity index (χ2v) is 6.85. The molecule has 1 amide bonds. The predicted molar refractivity (Wildman–Crippen MR) is 77.1 cm³/mol. The number of aliphatic hydroxyl groups excluding tert-OH is 1. The minimum atomic E-state index is -0.196. The van der Waals surface area contributed by atoms with Crippen molar-refractivity contribution in [1.82, 2.24) is 4.90 Å². The molecule has 1 saturated heterocycles. The molecule has 0 radical (unpaired) electrons. The molecular weight excluding hydrogens is 256 g/mol. The first-order chi connectivity index (χ1) is 9.39. The fourth-order valence-corrected chi connectivity index (χ4v) is 3.59. The minimum absolute atomic E-state index is 0.00977. The molecule has 116 valence electrons. The molecule has 0 aromatic rings. The van der Waals surface area contributed by atoms with Crippen molar-refractivity contribution in [3.05, 3.63) is 0 Å². The Morgan fingerprint density at radius 3 is 2.80 bits per heavy atom. The molecule has 5 nitrogen and oxygen atoms in total. The predicted octanol–water partition coefficient (Wildman–Crippen LogP) is 0.606. The van der Waals surface area contributed by atoms with Gasteiger partial charge >= 0.3 is 0 Å². The van der Waals surface area contributed by atoms with Crippen LogP contribution in [0.25, 0.3) is 0 Å². The highest BCUT2D eigenvalue weighted by atomic mass is 16.5. The van der Waals surface area contributed by atoms with Gasteiger partial charge in [0.25, 0.3) is 0 Å². The Labute approximate surface area is 121 Å². The maximum atomic E-state index is 12.9. The molecule has 1 aliphatic carbocycles. The zero-order chi connectivity index (χ0) is 14.9. The van der Waals surface area contributed by atoms with Crippen LogP contribution in [-0.2, 0) is 9.53 Å². The molecule has 5 heteroatoms. The number of carbonyl (C=O) groups excluding carboxylic acids is 1. The third-order valence-corrected chi connectivity index (χ3v) is 5.52. The van der Waals surface area contributed by atoms with Crippen LogP contribution >= 0.6 is 0 Å². The van der Waals surface area contributed by atoms with Crippen molar-refractivity contribution in [3.8, 4) is 0 Å². The van der Waals surface area contributed by atoms with E-state index in [9.17, 15) is 9.90 Å². The first-order valence-electron chi connectivity index (χ1n) is 7.64. The van der Waals surface area contributed by atoms with E-state index in [2.05, 4.69) is 20.8 Å². The number of morpholine rings is 1. The second-order valence-electron chi connectivity index (χ2n) is 6.85. The van der Waals surface area contributed by atoms with Crippen LogP contribution < -0.4 is 5.73 Å². The van der Waals surface area contributed by atoms with Gasteiger partial charge in [-0.25, -0.2) is 0 Å². The number of ether oxygens (including phenoxy) is 1. The van der Waals surface area contributed by atoms with Crippen molar-refractivity contribution < 1.29 is 14.6 Å². The number of aliphatic hydroxyl groups is 1. The van der Waals surface area contributed by atoms with Gasteiger partial charge in [0.05, 0.1) is 25.9 Å². The molecule has 4 atom stereocenters. The van der Waals surface area contributed by atoms with Gasteiger partial charge in [-0.2, -0.15) is 0 Å². The van der Waals surface area contributed by atoms with Crippen molar-refractivity contribution >= 4 is 5.91 Å². The summed E-state index contributed by atoms with van der Waals surface area (Å²) in [6.07, 6.45) is 1.74. The van der Waals surface area contributed by atoms with Crippen molar-refractivity contribution in [2.45, 2.75) is 45.7 Å². The van der Waals surface area contributed by atoms with E-state index in [1.807, 2.05) is 4.90 Å². The van der Waals surface area contributed by atoms with Crippen molar-refractivity contribution in [1.29, 1.82) is 0 Å². The summed E-state index contributed by atoms with van der Waals surface area (Å²) >= 11 is 0. The molecule has 0 aromatic heterocycles. The lowest BCUT2D eigenvalue weighted by Crippen LogP contribution is -2.57. The molecular formula is C15H28N2O3. The number of nitrogens with two attached hydrogens (primary N) is 1. The van der Waals surface area contributed by atoms with Gasteiger partial charge in [-0.1, -0.05) is 20.8 Å². The average Bonchev–Trinajstić information content (AvgIpc) is 2.44. The minimum Gasteiger partial charge on any atom is -0.394 e. The molecule has 2 rings (SSSR count). The Morgan fingerprint density at radius 2 is 2.15 bits per heavy atom. The topological polar surface area (TPSA) is 75.8 Å². The monoisotopic (exact) mass is 284 g/mol. The summed E-state index contributed by atoms with van der Waals surface area (Å²) in [5, 5.41) is 9.44. The van der Waals surface area contributed by atoms with E-state index in [0.717, 1.165) is 12.8 Å². The van der Waals surface area contributed by atoms with E-state index in [1.54, 1.807) is 0 Å². The lowest BCUT2D eigenvalue weighted by molar-refractivity contribution is -0.153. The largest absolute Gasteiger partial charge is 0.394 e. The van der Waals surface area contributed by atoms with Crippen LogP contribution in [-0.4, -0.2) is 54.4 Å². The number of hydrogen-bond donors (Lipinski definition) is 2. The van der Waals surface area contributed by atoms with Gasteiger partial charge in [0.2, 0.25) is 5.91 Å². The van der Waals surface area contributed by atoms with E-state index in [0.29, 0.717) is 25.7 Å². The van der Waals surface area contributed by atoms with Crippen LogP contribution in [0.15, 0.2) is 0 Å². The molecule has 1 aliphatic heterocycles. The lowest BCUT2D eigenvalue weighted by Gasteiger charge is -2.48. The number of rotatable bonds is 2. The fourth-order valence-electron chi connectivity index (χ4n) is 3.59. The molecule has 1 heterocycles. The molecule has 0 aromatic carbocycles. The Bertz CT molecular complexity index is 359. The van der Waals surface area contributed by atoms with Gasteiger partial charge < -0.3 is 20.5 Å². The quantitative estimate of drug-likeness (QED) is 0.779. The van der Waals surface area contributed by atoms with Crippen LogP contribution in [0, 0.1) is 17.3 Å². The van der Waals surface area contributed by atoms with E-state index >= 15 is 0 Å². The highest BCUT2D eigenvalue weighted by Gasteiger charge is 2.47. The summed E-state index contributed by atoms with van der Waals surface area (Å²) in [4.78, 5) is 14.7. The summed E-state index contributed by atoms with van der Waals surface area (Å²) < 4.78 is 5.36. The maximum absolute atomic E-state index is 12.9. The zero-order valence-electron chi connectivity index (χ0n) is 12.8. The third-order valence-electron chi connectivity index (χ3n) is 5.52. The Balaban J connectivity index is 2.15. The van der Waals surface area contributed by atoms with E-state index < -0.39 is 0 Å². The Kier molecular flexibility index (Phi) is 4.72. The lowest BCUT2D eigenvalue weighted by atomic mass is 9.60. The molecule has 2 fully saturated rings. The summed E-state index contributed by atoms with van der Waals surface area (Å²) in [6, 6.07) is -0.0228. The van der Waals surface area contributed by atoms with E-state index in [4.69, 9.17) is 10.5 Å². The summed E-state index contributed by atoms with van der Waals surface area (Å²) in [7, 11) is 0. The van der Waals surface area contributed by atoms with Crippen molar-refractivity contribution in [2.75, 3.05) is 26.4 Å². The summed E-state index contributed by atoms with van der Waals surface area (Å²) in [6.45, 7) is 7.98. The van der Waals surface area contributed by atoms with Crippen LogP contribution in [0.2, 0.25) is 0 Å². The van der Waals surface area contributed by atoms with E-state index in [-0.39, 0.29) is 35.9 Å². The first kappa shape index (κ1) is 15.7. The SMILES string of the molecule is CC1C(N)CCC(C(=O)N2CCOCC2CO)C1(C)C. The molecule has 1 saturated carbocycles. The van der Waals surface area contributed by atoms with Crippen LogP contribution in [0.4, 0.5) is 0 Å². The molecule has 0 spiro atoms. The zero-order valence-corrected chi connectivity index (χ0v) is 12.8. The van der Waals surface area contributed by atoms with Gasteiger partial charge in [-0.05, 0) is 24.2 Å². The first-order valence-corrected chi connectivity index (χ1v) is 7.64. The standard InChI is InChI=1S/C15H28N2O3/c1-10-13(16)5-4-12(15(10,2)3)14(19)17-6-7-20-9-11(17)8-18/h10-13,18H,4-9,16H2,1-3H3. The fraction of sp³-hybridized carbons (Fsp3) is 0.933. The van der Waals surface area contributed by atoms with Crippen LogP contribution in [0.5, 0.6) is 0 Å². The number of nitrogens with zero attached hydrogens (tertiary/aromatic N) is 1. The van der Waals surface area contributed by atoms with E-state index in [1.165, 1.54) is 0 Å². The third kappa shape index (κ3) is 2.71.